The third-order valence-electron chi connectivity index (χ3n) is 2.16. The summed E-state index contributed by atoms with van der Waals surface area (Å²) in [5, 5.41) is 14.4. The summed E-state index contributed by atoms with van der Waals surface area (Å²) >= 11 is 0. The Hall–Kier alpha value is -0.610. The van der Waals surface area contributed by atoms with E-state index >= 15 is 0 Å². The maximum absolute atomic E-state index is 11.1. The molecule has 0 fully saturated rings. The molecule has 0 radical (unpaired) electrons. The summed E-state index contributed by atoms with van der Waals surface area (Å²) in [7, 11) is 1.75. The van der Waals surface area contributed by atoms with Crippen molar-refractivity contribution in [2.24, 2.45) is 5.92 Å². The summed E-state index contributed by atoms with van der Waals surface area (Å²) in [4.78, 5) is 11.1. The molecular weight excluding hydrogens is 180 g/mol. The fourth-order valence-corrected chi connectivity index (χ4v) is 1.42. The van der Waals surface area contributed by atoms with Gasteiger partial charge in [-0.25, -0.2) is 0 Å². The molecule has 0 aromatic heterocycles. The molecule has 0 aromatic rings. The molecule has 0 aliphatic carbocycles. The normalized spacial score (nSPS) is 12.5. The van der Waals surface area contributed by atoms with E-state index in [1.165, 1.54) is 0 Å². The fraction of sp³-hybridized carbons (Fsp3) is 0.900. The number of amides is 1. The summed E-state index contributed by atoms with van der Waals surface area (Å²) in [6.07, 6.45) is 2.92. The number of hydrogen-bond donors (Lipinski definition) is 3. The van der Waals surface area contributed by atoms with Crippen molar-refractivity contribution < 1.29 is 9.90 Å². The molecule has 14 heavy (non-hydrogen) atoms. The fourth-order valence-electron chi connectivity index (χ4n) is 1.42. The molecule has 1 atom stereocenters. The Morgan fingerprint density at radius 3 is 2.64 bits per heavy atom. The van der Waals surface area contributed by atoms with Crippen molar-refractivity contribution in [3.63, 3.8) is 0 Å². The van der Waals surface area contributed by atoms with Crippen molar-refractivity contribution in [2.75, 3.05) is 26.7 Å². The predicted molar refractivity (Wildman–Crippen MR) is 57.0 cm³/mol. The molecule has 0 saturated carbocycles. The van der Waals surface area contributed by atoms with Crippen LogP contribution in [-0.4, -0.2) is 37.8 Å². The van der Waals surface area contributed by atoms with Crippen LogP contribution in [-0.2, 0) is 4.79 Å². The number of likely N-dealkylation sites (N-methyl/N-ethyl adjacent to an activating group) is 1. The summed E-state index contributed by atoms with van der Waals surface area (Å²) in [6.45, 7) is 3.35. The average molecular weight is 202 g/mol. The first kappa shape index (κ1) is 13.4. The smallest absolute Gasteiger partial charge is 0.233 e. The van der Waals surface area contributed by atoms with Gasteiger partial charge in [-0.2, -0.15) is 0 Å². The Morgan fingerprint density at radius 2 is 2.14 bits per heavy atom. The van der Waals surface area contributed by atoms with E-state index in [-0.39, 0.29) is 12.5 Å². The van der Waals surface area contributed by atoms with Crippen LogP contribution in [0, 0.1) is 5.92 Å². The van der Waals surface area contributed by atoms with Crippen molar-refractivity contribution in [1.82, 2.24) is 10.6 Å². The van der Waals surface area contributed by atoms with Gasteiger partial charge in [-0.15, -0.1) is 0 Å². The first-order valence-electron chi connectivity index (χ1n) is 5.26. The van der Waals surface area contributed by atoms with Gasteiger partial charge in [-0.05, 0) is 25.8 Å². The summed E-state index contributed by atoms with van der Waals surface area (Å²) in [5.74, 6) is 0.428. The number of hydrogen-bond acceptors (Lipinski definition) is 3. The standard InChI is InChI=1S/C10H22N2O2/c1-3-4-9(5-6-13)7-12-10(14)8-11-2/h9,11,13H,3-8H2,1-2H3,(H,12,14). The second-order valence-electron chi connectivity index (χ2n) is 3.50. The zero-order valence-electron chi connectivity index (χ0n) is 9.18. The van der Waals surface area contributed by atoms with Crippen LogP contribution < -0.4 is 10.6 Å². The lowest BCUT2D eigenvalue weighted by Crippen LogP contribution is -2.35. The van der Waals surface area contributed by atoms with E-state index in [9.17, 15) is 4.79 Å². The number of aliphatic hydroxyl groups excluding tert-OH is 1. The molecule has 4 nitrogen and oxygen atoms in total. The minimum Gasteiger partial charge on any atom is -0.396 e. The maximum atomic E-state index is 11.1. The van der Waals surface area contributed by atoms with E-state index < -0.39 is 0 Å². The molecule has 84 valence electrons. The van der Waals surface area contributed by atoms with Gasteiger partial charge in [0.2, 0.25) is 5.91 Å². The van der Waals surface area contributed by atoms with Crippen LogP contribution in [0.1, 0.15) is 26.2 Å². The number of rotatable bonds is 8. The molecule has 0 heterocycles. The lowest BCUT2D eigenvalue weighted by atomic mass is 10.0. The Morgan fingerprint density at radius 1 is 1.43 bits per heavy atom. The Balaban J connectivity index is 3.63. The molecular formula is C10H22N2O2. The average Bonchev–Trinajstić information content (AvgIpc) is 2.15. The van der Waals surface area contributed by atoms with Crippen LogP contribution in [0.25, 0.3) is 0 Å². The number of carbonyl (C=O) groups is 1. The van der Waals surface area contributed by atoms with Crippen LogP contribution in [0.2, 0.25) is 0 Å². The van der Waals surface area contributed by atoms with Crippen molar-refractivity contribution in [1.29, 1.82) is 0 Å². The highest BCUT2D eigenvalue weighted by atomic mass is 16.3. The van der Waals surface area contributed by atoms with Crippen molar-refractivity contribution in [3.05, 3.63) is 0 Å². The molecule has 0 aliphatic heterocycles. The van der Waals surface area contributed by atoms with Crippen molar-refractivity contribution >= 4 is 5.91 Å². The first-order chi connectivity index (χ1) is 6.74. The van der Waals surface area contributed by atoms with Gasteiger partial charge >= 0.3 is 0 Å². The zero-order chi connectivity index (χ0) is 10.8. The molecule has 1 amide bonds. The highest BCUT2D eigenvalue weighted by Crippen LogP contribution is 2.08. The molecule has 4 heteroatoms. The van der Waals surface area contributed by atoms with E-state index in [0.29, 0.717) is 19.0 Å². The van der Waals surface area contributed by atoms with Gasteiger partial charge in [0.1, 0.15) is 0 Å². The van der Waals surface area contributed by atoms with E-state index in [0.717, 1.165) is 19.3 Å². The van der Waals surface area contributed by atoms with Crippen LogP contribution in [0.3, 0.4) is 0 Å². The van der Waals surface area contributed by atoms with Gasteiger partial charge in [0.05, 0.1) is 6.54 Å². The minimum absolute atomic E-state index is 0.0199. The molecule has 0 aromatic carbocycles. The molecule has 0 saturated heterocycles. The lowest BCUT2D eigenvalue weighted by molar-refractivity contribution is -0.120. The van der Waals surface area contributed by atoms with Gasteiger partial charge in [-0.3, -0.25) is 4.79 Å². The number of carbonyl (C=O) groups excluding carboxylic acids is 1. The SMILES string of the molecule is CCCC(CCO)CNC(=O)CNC. The predicted octanol–water partition coefficient (Wildman–Crippen LogP) is 0.121. The summed E-state index contributed by atoms with van der Waals surface area (Å²) < 4.78 is 0. The molecule has 1 unspecified atom stereocenters. The second kappa shape index (κ2) is 8.97. The number of aliphatic hydroxyl groups is 1. The highest BCUT2D eigenvalue weighted by Gasteiger charge is 2.08. The van der Waals surface area contributed by atoms with Gasteiger partial charge < -0.3 is 15.7 Å². The lowest BCUT2D eigenvalue weighted by Gasteiger charge is -2.15. The van der Waals surface area contributed by atoms with Crippen LogP contribution in [0.4, 0.5) is 0 Å². The van der Waals surface area contributed by atoms with Gasteiger partial charge in [-0.1, -0.05) is 13.3 Å². The van der Waals surface area contributed by atoms with E-state index in [1.54, 1.807) is 7.05 Å². The zero-order valence-corrected chi connectivity index (χ0v) is 9.18. The van der Waals surface area contributed by atoms with Crippen LogP contribution in [0.5, 0.6) is 0 Å². The third-order valence-corrected chi connectivity index (χ3v) is 2.16. The highest BCUT2D eigenvalue weighted by molar-refractivity contribution is 5.77. The number of nitrogens with one attached hydrogen (secondary N) is 2. The Kier molecular flexibility index (Phi) is 8.57. The van der Waals surface area contributed by atoms with Crippen molar-refractivity contribution in [3.8, 4) is 0 Å². The molecule has 0 rings (SSSR count). The molecule has 0 bridgehead atoms. The van der Waals surface area contributed by atoms with Gasteiger partial charge in [0.15, 0.2) is 0 Å². The Labute approximate surface area is 86.1 Å². The molecule has 0 aliphatic rings. The Bertz CT molecular complexity index is 145. The largest absolute Gasteiger partial charge is 0.396 e. The van der Waals surface area contributed by atoms with E-state index in [2.05, 4.69) is 17.6 Å². The quantitative estimate of drug-likeness (QED) is 0.524. The van der Waals surface area contributed by atoms with E-state index in [4.69, 9.17) is 5.11 Å². The first-order valence-corrected chi connectivity index (χ1v) is 5.26. The van der Waals surface area contributed by atoms with E-state index in [1.807, 2.05) is 0 Å². The summed E-state index contributed by atoms with van der Waals surface area (Å²) in [6, 6.07) is 0. The monoisotopic (exact) mass is 202 g/mol. The van der Waals surface area contributed by atoms with Crippen LogP contribution >= 0.6 is 0 Å². The second-order valence-corrected chi connectivity index (χ2v) is 3.50. The maximum Gasteiger partial charge on any atom is 0.233 e. The molecule has 3 N–H and O–H groups in total. The van der Waals surface area contributed by atoms with Gasteiger partial charge in [0.25, 0.3) is 0 Å². The van der Waals surface area contributed by atoms with Crippen molar-refractivity contribution in [2.45, 2.75) is 26.2 Å². The topological polar surface area (TPSA) is 61.4 Å². The van der Waals surface area contributed by atoms with Crippen LogP contribution in [0.15, 0.2) is 0 Å². The molecule has 0 spiro atoms. The minimum atomic E-state index is 0.0199. The summed E-state index contributed by atoms with van der Waals surface area (Å²) in [5.41, 5.74) is 0. The van der Waals surface area contributed by atoms with Gasteiger partial charge in [0, 0.05) is 13.2 Å². The third kappa shape index (κ3) is 6.86.